The molecular formula is C9H9O3. The quantitative estimate of drug-likeness (QED) is 0.533. The van der Waals surface area contributed by atoms with Gasteiger partial charge in [0.1, 0.15) is 11.5 Å². The summed E-state index contributed by atoms with van der Waals surface area (Å²) in [6.07, 6.45) is 0.0790. The highest BCUT2D eigenvalue weighted by atomic mass is 16.5. The first kappa shape index (κ1) is 8.59. The molecule has 0 fully saturated rings. The van der Waals surface area contributed by atoms with Crippen LogP contribution in [0.25, 0.3) is 0 Å². The molecule has 63 valence electrons. The van der Waals surface area contributed by atoms with Crippen LogP contribution in [0.5, 0.6) is 11.5 Å². The van der Waals surface area contributed by atoms with Crippen LogP contribution in [0.3, 0.4) is 0 Å². The van der Waals surface area contributed by atoms with Crippen molar-refractivity contribution in [3.63, 3.8) is 0 Å². The van der Waals surface area contributed by atoms with E-state index in [1.807, 2.05) is 0 Å². The summed E-state index contributed by atoms with van der Waals surface area (Å²) < 4.78 is 4.78. The van der Waals surface area contributed by atoms with E-state index < -0.39 is 5.97 Å². The molecular weight excluding hydrogens is 156 g/mol. The Morgan fingerprint density at radius 1 is 1.58 bits per heavy atom. The number of rotatable bonds is 2. The molecule has 0 bridgehead atoms. The Labute approximate surface area is 70.6 Å². The Balaban J connectivity index is 2.69. The highest BCUT2D eigenvalue weighted by Gasteiger charge is 2.00. The zero-order valence-electron chi connectivity index (χ0n) is 6.49. The normalized spacial score (nSPS) is 9.42. The summed E-state index contributed by atoms with van der Waals surface area (Å²) in [6, 6.07) is 6.06. The number of phenols is 1. The third-order valence-corrected chi connectivity index (χ3v) is 1.25. The highest BCUT2D eigenvalue weighted by molar-refractivity contribution is 5.72. The van der Waals surface area contributed by atoms with Crippen molar-refractivity contribution in [2.75, 3.05) is 0 Å². The van der Waals surface area contributed by atoms with Crippen molar-refractivity contribution in [1.29, 1.82) is 0 Å². The minimum atomic E-state index is -0.416. The van der Waals surface area contributed by atoms with Gasteiger partial charge in [-0.15, -0.1) is 0 Å². The maximum absolute atomic E-state index is 10.7. The van der Waals surface area contributed by atoms with Gasteiger partial charge in [0.05, 0.1) is 0 Å². The molecule has 1 N–H and O–H groups in total. The molecule has 0 aliphatic rings. The molecule has 0 spiro atoms. The van der Waals surface area contributed by atoms with Crippen LogP contribution in [0.2, 0.25) is 0 Å². The number of carbonyl (C=O) groups is 1. The average Bonchev–Trinajstić information content (AvgIpc) is 2.04. The summed E-state index contributed by atoms with van der Waals surface area (Å²) in [5.41, 5.74) is 0. The largest absolute Gasteiger partial charge is 0.508 e. The zero-order valence-corrected chi connectivity index (χ0v) is 6.49. The maximum Gasteiger partial charge on any atom is 0.311 e. The maximum atomic E-state index is 10.7. The van der Waals surface area contributed by atoms with Gasteiger partial charge >= 0.3 is 5.97 Å². The minimum Gasteiger partial charge on any atom is -0.508 e. The van der Waals surface area contributed by atoms with E-state index >= 15 is 0 Å². The number of esters is 1. The van der Waals surface area contributed by atoms with Gasteiger partial charge in [-0.05, 0) is 19.1 Å². The van der Waals surface area contributed by atoms with E-state index in [-0.39, 0.29) is 12.2 Å². The van der Waals surface area contributed by atoms with E-state index in [4.69, 9.17) is 9.84 Å². The van der Waals surface area contributed by atoms with Crippen LogP contribution >= 0.6 is 0 Å². The molecule has 12 heavy (non-hydrogen) atoms. The van der Waals surface area contributed by atoms with Crippen LogP contribution in [-0.2, 0) is 4.79 Å². The third kappa shape index (κ3) is 2.27. The van der Waals surface area contributed by atoms with Gasteiger partial charge in [0.25, 0.3) is 0 Å². The number of hydrogen-bond acceptors (Lipinski definition) is 3. The van der Waals surface area contributed by atoms with Gasteiger partial charge in [-0.3, -0.25) is 4.79 Å². The fourth-order valence-electron chi connectivity index (χ4n) is 0.729. The van der Waals surface area contributed by atoms with Crippen LogP contribution in [0.15, 0.2) is 24.3 Å². The summed E-state index contributed by atoms with van der Waals surface area (Å²) >= 11 is 0. The Bertz CT molecular complexity index is 281. The van der Waals surface area contributed by atoms with Crippen LogP contribution in [-0.4, -0.2) is 11.1 Å². The molecule has 1 rings (SSSR count). The molecule has 0 heterocycles. The van der Waals surface area contributed by atoms with Gasteiger partial charge in [-0.25, -0.2) is 0 Å². The van der Waals surface area contributed by atoms with Crippen molar-refractivity contribution in [2.24, 2.45) is 0 Å². The van der Waals surface area contributed by atoms with E-state index in [9.17, 15) is 4.79 Å². The fraction of sp³-hybridized carbons (Fsp3) is 0.111. The second kappa shape index (κ2) is 3.76. The lowest BCUT2D eigenvalue weighted by atomic mass is 10.3. The van der Waals surface area contributed by atoms with Crippen LogP contribution < -0.4 is 4.74 Å². The lowest BCUT2D eigenvalue weighted by molar-refractivity contribution is -0.133. The van der Waals surface area contributed by atoms with Crippen molar-refractivity contribution >= 4 is 5.97 Å². The van der Waals surface area contributed by atoms with Crippen molar-refractivity contribution in [1.82, 2.24) is 0 Å². The third-order valence-electron chi connectivity index (χ3n) is 1.25. The SMILES string of the molecule is [CH2]CC(=O)Oc1cccc(O)c1. The number of aromatic hydroxyl groups is 1. The zero-order chi connectivity index (χ0) is 8.97. The van der Waals surface area contributed by atoms with Gasteiger partial charge in [0.15, 0.2) is 0 Å². The average molecular weight is 165 g/mol. The first-order chi connectivity index (χ1) is 5.72. The topological polar surface area (TPSA) is 46.5 Å². The van der Waals surface area contributed by atoms with Crippen LogP contribution in [0, 0.1) is 6.92 Å². The molecule has 3 heteroatoms. The van der Waals surface area contributed by atoms with Crippen LogP contribution in [0.4, 0.5) is 0 Å². The monoisotopic (exact) mass is 165 g/mol. The minimum absolute atomic E-state index is 0.0735. The molecule has 1 aromatic rings. The van der Waals surface area contributed by atoms with E-state index in [1.54, 1.807) is 12.1 Å². The van der Waals surface area contributed by atoms with E-state index in [1.165, 1.54) is 12.1 Å². The molecule has 1 radical (unpaired) electrons. The van der Waals surface area contributed by atoms with Gasteiger partial charge in [-0.1, -0.05) is 6.07 Å². The Morgan fingerprint density at radius 2 is 2.33 bits per heavy atom. The molecule has 0 unspecified atom stereocenters. The number of ether oxygens (including phenoxy) is 1. The molecule has 1 aromatic carbocycles. The lowest BCUT2D eigenvalue weighted by Gasteiger charge is -2.01. The standard InChI is InChI=1S/C9H9O3/c1-2-9(11)12-8-5-3-4-7(10)6-8/h3-6,10H,1-2H2. The molecule has 0 saturated heterocycles. The van der Waals surface area contributed by atoms with Crippen molar-refractivity contribution in [3.8, 4) is 11.5 Å². The Kier molecular flexibility index (Phi) is 2.69. The first-order valence-electron chi connectivity index (χ1n) is 3.51. The number of phenolic OH excluding ortho intramolecular Hbond substituents is 1. The molecule has 0 aromatic heterocycles. The molecule has 0 aliphatic heterocycles. The predicted octanol–water partition coefficient (Wildman–Crippen LogP) is 1.52. The summed E-state index contributed by atoms with van der Waals surface area (Å²) in [5.74, 6) is -0.00591. The summed E-state index contributed by atoms with van der Waals surface area (Å²) in [7, 11) is 0. The Hall–Kier alpha value is -1.51. The van der Waals surface area contributed by atoms with E-state index in [2.05, 4.69) is 6.92 Å². The van der Waals surface area contributed by atoms with Crippen molar-refractivity contribution in [2.45, 2.75) is 6.42 Å². The number of carbonyl (C=O) groups excluding carboxylic acids is 1. The van der Waals surface area contributed by atoms with Gasteiger partial charge < -0.3 is 9.84 Å². The van der Waals surface area contributed by atoms with Gasteiger partial charge in [-0.2, -0.15) is 0 Å². The van der Waals surface area contributed by atoms with Crippen molar-refractivity contribution < 1.29 is 14.6 Å². The summed E-state index contributed by atoms with van der Waals surface area (Å²) in [6.45, 7) is 3.37. The van der Waals surface area contributed by atoms with Gasteiger partial charge in [0.2, 0.25) is 0 Å². The summed E-state index contributed by atoms with van der Waals surface area (Å²) in [5, 5.41) is 8.99. The molecule has 0 amide bonds. The van der Waals surface area contributed by atoms with Gasteiger partial charge in [0, 0.05) is 12.5 Å². The fourth-order valence-corrected chi connectivity index (χ4v) is 0.729. The van der Waals surface area contributed by atoms with Crippen LogP contribution in [0.1, 0.15) is 6.42 Å². The van der Waals surface area contributed by atoms with Crippen molar-refractivity contribution in [3.05, 3.63) is 31.2 Å². The highest BCUT2D eigenvalue weighted by Crippen LogP contribution is 2.17. The molecule has 0 saturated carbocycles. The molecule has 0 aliphatic carbocycles. The smallest absolute Gasteiger partial charge is 0.311 e. The number of hydrogen-bond donors (Lipinski definition) is 1. The number of benzene rings is 1. The summed E-state index contributed by atoms with van der Waals surface area (Å²) in [4.78, 5) is 10.7. The van der Waals surface area contributed by atoms with E-state index in [0.29, 0.717) is 5.75 Å². The molecule has 3 nitrogen and oxygen atoms in total. The van der Waals surface area contributed by atoms with E-state index in [0.717, 1.165) is 0 Å². The second-order valence-electron chi connectivity index (χ2n) is 2.22. The Morgan fingerprint density at radius 3 is 2.92 bits per heavy atom. The second-order valence-corrected chi connectivity index (χ2v) is 2.22. The predicted molar refractivity (Wildman–Crippen MR) is 43.7 cm³/mol. The first-order valence-corrected chi connectivity index (χ1v) is 3.51. The lowest BCUT2D eigenvalue weighted by Crippen LogP contribution is -2.05. The molecule has 0 atom stereocenters.